The molecule has 13 heteroatoms. The quantitative estimate of drug-likeness (QED) is 0.551. The highest BCUT2D eigenvalue weighted by Gasteiger charge is 2.71. The molecule has 0 aliphatic carbocycles. The van der Waals surface area contributed by atoms with E-state index in [9.17, 15) is 24.4 Å². The van der Waals surface area contributed by atoms with Crippen LogP contribution in [0, 0.1) is 16.7 Å². The van der Waals surface area contributed by atoms with Crippen molar-refractivity contribution < 1.29 is 28.7 Å². The van der Waals surface area contributed by atoms with Gasteiger partial charge in [0.25, 0.3) is 11.8 Å². The number of nitrogens with zero attached hydrogens (tertiary/aromatic N) is 4. The zero-order chi connectivity index (χ0) is 27.0. The number of hydrogen-bond donors (Lipinski definition) is 1. The second-order valence-corrected chi connectivity index (χ2v) is 12.6. The number of piperazine rings is 1. The minimum atomic E-state index is -1.67. The zero-order valence-electron chi connectivity index (χ0n) is 21.1. The largest absolute Gasteiger partial charge is 0.481 e. The number of aromatic nitrogens is 1. The summed E-state index contributed by atoms with van der Waals surface area (Å²) in [4.78, 5) is 57.1. The number of rotatable bonds is 6. The first kappa shape index (κ1) is 27.4. The summed E-state index contributed by atoms with van der Waals surface area (Å²) >= 11 is 1.43. The molecule has 4 atom stereocenters. The van der Waals surface area contributed by atoms with Crippen molar-refractivity contribution >= 4 is 45.6 Å². The van der Waals surface area contributed by atoms with Gasteiger partial charge in [-0.15, -0.1) is 0 Å². The summed E-state index contributed by atoms with van der Waals surface area (Å²) < 4.78 is 10.7. The number of methoxy groups -OCH3 is 1. The van der Waals surface area contributed by atoms with Crippen molar-refractivity contribution in [2.75, 3.05) is 40.0 Å². The topological polar surface area (TPSA) is 142 Å². The maximum Gasteiger partial charge on any atom is 0.261 e. The molecule has 2 amide bonds. The van der Waals surface area contributed by atoms with Crippen LogP contribution in [0.1, 0.15) is 38.8 Å². The average molecular weight is 548 g/mol. The molecule has 0 bridgehead atoms. The number of thioether (sulfide) groups is 2. The van der Waals surface area contributed by atoms with Gasteiger partial charge in [0.15, 0.2) is 20.0 Å². The minimum absolute atomic E-state index is 0.0762. The Labute approximate surface area is 223 Å². The summed E-state index contributed by atoms with van der Waals surface area (Å²) in [5.41, 5.74) is -0.741. The minimum Gasteiger partial charge on any atom is -0.481 e. The Bertz CT molecular complexity index is 1150. The van der Waals surface area contributed by atoms with Gasteiger partial charge in [0.2, 0.25) is 5.88 Å². The molecule has 3 aliphatic heterocycles. The maximum absolute atomic E-state index is 14.2. The van der Waals surface area contributed by atoms with Crippen LogP contribution in [0.2, 0.25) is 0 Å². The van der Waals surface area contributed by atoms with Gasteiger partial charge in [-0.1, -0.05) is 11.8 Å². The number of fused-ring (bicyclic) bond motifs is 1. The number of pyridine rings is 1. The Morgan fingerprint density at radius 2 is 1.92 bits per heavy atom. The summed E-state index contributed by atoms with van der Waals surface area (Å²) in [6, 6.07) is 4.87. The van der Waals surface area contributed by atoms with Crippen LogP contribution in [0.4, 0.5) is 0 Å². The number of morpholine rings is 1. The van der Waals surface area contributed by atoms with Crippen LogP contribution in [-0.4, -0.2) is 86.5 Å². The van der Waals surface area contributed by atoms with Crippen molar-refractivity contribution in [2.24, 2.45) is 5.41 Å². The van der Waals surface area contributed by atoms with Crippen molar-refractivity contribution in [3.05, 3.63) is 23.9 Å². The van der Waals surface area contributed by atoms with E-state index in [1.165, 1.54) is 39.0 Å². The average Bonchev–Trinajstić information content (AvgIpc) is 3.13. The number of nitriles is 1. The zero-order valence-corrected chi connectivity index (χ0v) is 22.7. The maximum atomic E-state index is 14.2. The van der Waals surface area contributed by atoms with Crippen LogP contribution < -0.4 is 10.1 Å². The number of hydrogen-bond acceptors (Lipinski definition) is 11. The first-order chi connectivity index (χ1) is 17.5. The molecule has 1 aromatic heterocycles. The first-order valence-electron chi connectivity index (χ1n) is 11.8. The van der Waals surface area contributed by atoms with Crippen LogP contribution in [0.15, 0.2) is 18.3 Å². The van der Waals surface area contributed by atoms with E-state index in [4.69, 9.17) is 9.47 Å². The molecule has 0 spiro atoms. The summed E-state index contributed by atoms with van der Waals surface area (Å²) in [6.45, 7) is 6.53. The Balaban J connectivity index is 1.93. The third-order valence-corrected chi connectivity index (χ3v) is 8.96. The number of ether oxygens (including phenoxy) is 2. The van der Waals surface area contributed by atoms with Crippen LogP contribution in [0.3, 0.4) is 0 Å². The van der Waals surface area contributed by atoms with Crippen molar-refractivity contribution in [1.29, 1.82) is 5.26 Å². The van der Waals surface area contributed by atoms with Crippen LogP contribution in [0.25, 0.3) is 0 Å². The molecule has 37 heavy (non-hydrogen) atoms. The third-order valence-electron chi connectivity index (χ3n) is 6.84. The Morgan fingerprint density at radius 1 is 1.24 bits per heavy atom. The van der Waals surface area contributed by atoms with Gasteiger partial charge in [-0.2, -0.15) is 5.26 Å². The summed E-state index contributed by atoms with van der Waals surface area (Å²) in [5.74, 6) is -0.795. The van der Waals surface area contributed by atoms with E-state index in [1.54, 1.807) is 12.1 Å². The fourth-order valence-electron chi connectivity index (χ4n) is 5.44. The standard InChI is InChI=1S/C24H29N5O6S2/c1-15(30)36-22(3)21(33)29-19(17-5-6-18(34-4)26-11-17)23(13-25,14-28-7-9-35-10-8-28)12-24(29,20(32)27-22)37-16(2)31/h5-6,11,19H,7-10,12,14H2,1-4H3,(H,27,32)/t19-,22-,23+,24-/m0/s1. The summed E-state index contributed by atoms with van der Waals surface area (Å²) in [6.07, 6.45) is 1.45. The van der Waals surface area contributed by atoms with E-state index in [0.717, 1.165) is 11.8 Å². The van der Waals surface area contributed by atoms with Gasteiger partial charge in [-0.25, -0.2) is 4.98 Å². The van der Waals surface area contributed by atoms with Crippen molar-refractivity contribution in [3.8, 4) is 11.9 Å². The molecule has 198 valence electrons. The summed E-state index contributed by atoms with van der Waals surface area (Å²) in [7, 11) is 1.48. The molecule has 1 N–H and O–H groups in total. The first-order valence-corrected chi connectivity index (χ1v) is 13.4. The SMILES string of the molecule is COc1ccc([C@@H]2N3C(=O)[C@](C)(SC(C)=O)NC(=O)[C@@]3(SC(C)=O)C[C@@]2(C#N)CN2CCOCC2)cn1. The molecule has 0 unspecified atom stereocenters. The van der Waals surface area contributed by atoms with Gasteiger partial charge in [0.1, 0.15) is 0 Å². The molecule has 1 aromatic rings. The number of carbonyl (C=O) groups is 4. The normalized spacial score (nSPS) is 31.9. The van der Waals surface area contributed by atoms with Crippen molar-refractivity contribution in [3.63, 3.8) is 0 Å². The lowest BCUT2D eigenvalue weighted by atomic mass is 9.77. The van der Waals surface area contributed by atoms with Crippen LogP contribution in [-0.2, 0) is 23.9 Å². The van der Waals surface area contributed by atoms with Gasteiger partial charge in [0, 0.05) is 52.2 Å². The molecular weight excluding hydrogens is 518 g/mol. The molecule has 4 heterocycles. The van der Waals surface area contributed by atoms with Gasteiger partial charge in [-0.05, 0) is 30.3 Å². The molecule has 3 aliphatic rings. The van der Waals surface area contributed by atoms with E-state index < -0.39 is 33.0 Å². The monoisotopic (exact) mass is 547 g/mol. The molecule has 3 fully saturated rings. The molecule has 4 rings (SSSR count). The lowest BCUT2D eigenvalue weighted by molar-refractivity contribution is -0.152. The Kier molecular flexibility index (Phi) is 7.58. The Hall–Kier alpha value is -2.66. The van der Waals surface area contributed by atoms with Gasteiger partial charge < -0.3 is 19.7 Å². The van der Waals surface area contributed by atoms with E-state index in [0.29, 0.717) is 49.5 Å². The van der Waals surface area contributed by atoms with E-state index in [1.807, 2.05) is 0 Å². The van der Waals surface area contributed by atoms with E-state index in [-0.39, 0.29) is 23.2 Å². The molecule has 0 aromatic carbocycles. The number of carbonyl (C=O) groups excluding carboxylic acids is 4. The smallest absolute Gasteiger partial charge is 0.261 e. The Morgan fingerprint density at radius 3 is 2.46 bits per heavy atom. The predicted molar refractivity (Wildman–Crippen MR) is 136 cm³/mol. The third kappa shape index (κ3) is 4.83. The second kappa shape index (κ2) is 10.2. The van der Waals surface area contributed by atoms with Gasteiger partial charge in [-0.3, -0.25) is 24.1 Å². The van der Waals surface area contributed by atoms with E-state index in [2.05, 4.69) is 21.3 Å². The molecule has 0 saturated carbocycles. The lowest BCUT2D eigenvalue weighted by Gasteiger charge is -2.48. The van der Waals surface area contributed by atoms with Crippen molar-refractivity contribution in [2.45, 2.75) is 43.0 Å². The highest BCUT2D eigenvalue weighted by atomic mass is 32.2. The predicted octanol–water partition coefficient (Wildman–Crippen LogP) is 1.31. The molecule has 0 radical (unpaired) electrons. The lowest BCUT2D eigenvalue weighted by Crippen LogP contribution is -2.71. The van der Waals surface area contributed by atoms with E-state index >= 15 is 0 Å². The second-order valence-electron chi connectivity index (χ2n) is 9.50. The fraction of sp³-hybridized carbons (Fsp3) is 0.583. The van der Waals surface area contributed by atoms with Crippen molar-refractivity contribution in [1.82, 2.24) is 20.1 Å². The van der Waals surface area contributed by atoms with Gasteiger partial charge >= 0.3 is 0 Å². The molecule has 3 saturated heterocycles. The van der Waals surface area contributed by atoms with Gasteiger partial charge in [0.05, 0.1) is 37.8 Å². The number of amides is 2. The van der Waals surface area contributed by atoms with Crippen LogP contribution >= 0.6 is 23.5 Å². The summed E-state index contributed by atoms with van der Waals surface area (Å²) in [5, 5.41) is 12.7. The molecule has 11 nitrogen and oxygen atoms in total. The molecular formula is C24H29N5O6S2. The highest BCUT2D eigenvalue weighted by molar-refractivity contribution is 8.16. The fourth-order valence-corrected chi connectivity index (χ4v) is 7.58. The van der Waals surface area contributed by atoms with Crippen LogP contribution in [0.5, 0.6) is 5.88 Å². The number of nitrogens with one attached hydrogen (secondary N) is 1. The highest BCUT2D eigenvalue weighted by Crippen LogP contribution is 2.61.